The molecule has 0 bridgehead atoms. The maximum absolute atomic E-state index is 12.9. The fourth-order valence-corrected chi connectivity index (χ4v) is 8.36. The van der Waals surface area contributed by atoms with Crippen LogP contribution in [0.15, 0.2) is 76.8 Å². The van der Waals surface area contributed by atoms with Gasteiger partial charge in [0.1, 0.15) is 0 Å². The summed E-state index contributed by atoms with van der Waals surface area (Å²) in [5.41, 5.74) is 5.21. The average molecular weight is 551 g/mol. The third-order valence-corrected chi connectivity index (χ3v) is 11.6. The minimum atomic E-state index is -3.78. The Labute approximate surface area is 238 Å². The summed E-state index contributed by atoms with van der Waals surface area (Å²) in [7, 11) is -3.78. The molecule has 1 aromatic carbocycles. The largest absolute Gasteiger partial charge is 0.297 e. The summed E-state index contributed by atoms with van der Waals surface area (Å²) < 4.78 is 31.5. The number of fused-ring (bicyclic) bond motifs is 1. The molecular formula is C35H50O3S. The summed E-state index contributed by atoms with van der Waals surface area (Å²) >= 11 is 0. The van der Waals surface area contributed by atoms with E-state index < -0.39 is 10.1 Å². The zero-order valence-corrected chi connectivity index (χ0v) is 25.9. The highest BCUT2D eigenvalue weighted by atomic mass is 32.2. The highest BCUT2D eigenvalue weighted by Crippen LogP contribution is 2.59. The van der Waals surface area contributed by atoms with Crippen molar-refractivity contribution < 1.29 is 12.6 Å². The molecule has 214 valence electrons. The normalized spacial score (nSPS) is 31.8. The summed E-state index contributed by atoms with van der Waals surface area (Å²) in [5, 5.41) is 0. The number of benzene rings is 1. The second-order valence-corrected chi connectivity index (χ2v) is 14.8. The molecule has 3 saturated carbocycles. The minimum absolute atomic E-state index is 0.227. The Morgan fingerprint density at radius 1 is 1.00 bits per heavy atom. The molecule has 0 radical (unpaired) electrons. The smallest absolute Gasteiger partial charge is 0.263 e. The van der Waals surface area contributed by atoms with Gasteiger partial charge < -0.3 is 0 Å². The predicted octanol–water partition coefficient (Wildman–Crippen LogP) is 9.36. The Balaban J connectivity index is 1.46. The van der Waals surface area contributed by atoms with Crippen LogP contribution in [-0.4, -0.2) is 14.5 Å². The molecule has 0 aliphatic heterocycles. The van der Waals surface area contributed by atoms with Gasteiger partial charge in [-0.1, -0.05) is 94.3 Å². The van der Waals surface area contributed by atoms with Crippen molar-refractivity contribution in [1.29, 1.82) is 0 Å². The monoisotopic (exact) mass is 550 g/mol. The Hall–Kier alpha value is -1.91. The van der Waals surface area contributed by atoms with Gasteiger partial charge in [-0.05, 0) is 105 Å². The molecule has 0 spiro atoms. The summed E-state index contributed by atoms with van der Waals surface area (Å²) in [4.78, 5) is 0.227. The van der Waals surface area contributed by atoms with E-state index in [0.717, 1.165) is 29.0 Å². The molecule has 3 unspecified atom stereocenters. The van der Waals surface area contributed by atoms with E-state index in [1.165, 1.54) is 32.1 Å². The van der Waals surface area contributed by atoms with Gasteiger partial charge in [0.15, 0.2) is 0 Å². The third-order valence-electron chi connectivity index (χ3n) is 10.2. The van der Waals surface area contributed by atoms with Gasteiger partial charge in [-0.3, -0.25) is 4.18 Å². The van der Waals surface area contributed by atoms with Gasteiger partial charge in [0.25, 0.3) is 10.1 Å². The van der Waals surface area contributed by atoms with Crippen LogP contribution in [0, 0.1) is 41.9 Å². The molecule has 0 amide bonds. The van der Waals surface area contributed by atoms with Crippen molar-refractivity contribution in [3.05, 3.63) is 77.4 Å². The Morgan fingerprint density at radius 2 is 1.72 bits per heavy atom. The predicted molar refractivity (Wildman–Crippen MR) is 163 cm³/mol. The Kier molecular flexibility index (Phi) is 9.49. The van der Waals surface area contributed by atoms with Crippen LogP contribution in [0.3, 0.4) is 0 Å². The molecule has 3 aliphatic carbocycles. The van der Waals surface area contributed by atoms with Gasteiger partial charge in [-0.25, -0.2) is 0 Å². The number of aryl methyl sites for hydroxylation is 1. The molecule has 0 heterocycles. The van der Waals surface area contributed by atoms with Crippen LogP contribution in [0.2, 0.25) is 0 Å². The van der Waals surface area contributed by atoms with Gasteiger partial charge in [0, 0.05) is 6.42 Å². The molecule has 6 atom stereocenters. The first-order chi connectivity index (χ1) is 18.4. The molecule has 4 heteroatoms. The summed E-state index contributed by atoms with van der Waals surface area (Å²) in [6.45, 7) is 18.2. The summed E-state index contributed by atoms with van der Waals surface area (Å²) in [5.74, 6) is 3.26. The Bertz CT molecular complexity index is 1220. The van der Waals surface area contributed by atoms with Crippen molar-refractivity contribution in [1.82, 2.24) is 0 Å². The number of rotatable bonds is 8. The van der Waals surface area contributed by atoms with Crippen LogP contribution in [0.4, 0.5) is 0 Å². The molecule has 1 aromatic rings. The van der Waals surface area contributed by atoms with Gasteiger partial charge >= 0.3 is 0 Å². The zero-order chi connectivity index (χ0) is 28.4. The van der Waals surface area contributed by atoms with Crippen molar-refractivity contribution in [2.24, 2.45) is 35.0 Å². The molecule has 3 fully saturated rings. The first-order valence-corrected chi connectivity index (χ1v) is 16.6. The molecule has 3 nitrogen and oxygen atoms in total. The number of hydrogen-bond acceptors (Lipinski definition) is 3. The van der Waals surface area contributed by atoms with E-state index in [4.69, 9.17) is 4.18 Å². The fourth-order valence-electron chi connectivity index (χ4n) is 7.25. The highest BCUT2D eigenvalue weighted by Gasteiger charge is 2.50. The van der Waals surface area contributed by atoms with Gasteiger partial charge in [0.2, 0.25) is 0 Å². The third kappa shape index (κ3) is 6.88. The van der Waals surface area contributed by atoms with E-state index in [0.29, 0.717) is 41.9 Å². The maximum atomic E-state index is 12.9. The molecule has 4 rings (SSSR count). The number of hydrogen-bond donors (Lipinski definition) is 0. The molecule has 0 N–H and O–H groups in total. The SMILES string of the molecule is C=C1CC[C@H](OS(=O)(=O)c2ccc(C)cc2)C/C1=C/C=C1\CCCC2(C)C1CC[C@@H]2[C@H](C)/C=C/C(C)C(C)C. The van der Waals surface area contributed by atoms with Crippen LogP contribution in [0.5, 0.6) is 0 Å². The minimum Gasteiger partial charge on any atom is -0.263 e. The summed E-state index contributed by atoms with van der Waals surface area (Å²) in [6.07, 6.45) is 17.5. The average Bonchev–Trinajstić information content (AvgIpc) is 3.25. The van der Waals surface area contributed by atoms with Crippen molar-refractivity contribution in [3.8, 4) is 0 Å². The van der Waals surface area contributed by atoms with E-state index in [1.807, 2.05) is 19.1 Å². The first-order valence-electron chi connectivity index (χ1n) is 15.2. The summed E-state index contributed by atoms with van der Waals surface area (Å²) in [6, 6.07) is 6.88. The van der Waals surface area contributed by atoms with E-state index in [9.17, 15) is 8.42 Å². The molecule has 0 aromatic heterocycles. The zero-order valence-electron chi connectivity index (χ0n) is 25.1. The van der Waals surface area contributed by atoms with Crippen molar-refractivity contribution in [2.75, 3.05) is 0 Å². The Morgan fingerprint density at radius 3 is 2.41 bits per heavy atom. The lowest BCUT2D eigenvalue weighted by Gasteiger charge is -2.44. The number of allylic oxidation sites excluding steroid dienone is 6. The molecule has 3 aliphatic rings. The van der Waals surface area contributed by atoms with E-state index in [2.05, 4.69) is 65.5 Å². The second kappa shape index (κ2) is 12.3. The first kappa shape index (κ1) is 30.1. The quantitative estimate of drug-likeness (QED) is 0.239. The van der Waals surface area contributed by atoms with Gasteiger partial charge in [0.05, 0.1) is 11.0 Å². The maximum Gasteiger partial charge on any atom is 0.297 e. The lowest BCUT2D eigenvalue weighted by Crippen LogP contribution is -2.35. The standard InChI is InChI=1S/C35H50O3S/c1-24(2)26(4)12-13-28(6)33-20-21-34-29(9-8-22-35(33,34)7)15-16-30-23-31(17-14-27(30)5)38-39(36,37)32-18-10-25(3)11-19-32/h10-13,15-16,18-19,24,26,28,31,33-34H,5,8-9,14,17,20-23H2,1-4,6-7H3/b13-12+,29-15+,30-16-/t26?,28-,31+,33-,34?,35?/m1/s1. The van der Waals surface area contributed by atoms with Crippen LogP contribution in [0.25, 0.3) is 0 Å². The molecule has 39 heavy (non-hydrogen) atoms. The van der Waals surface area contributed by atoms with E-state index in [1.54, 1.807) is 17.7 Å². The van der Waals surface area contributed by atoms with E-state index >= 15 is 0 Å². The lowest BCUT2D eigenvalue weighted by atomic mass is 9.61. The van der Waals surface area contributed by atoms with Gasteiger partial charge in [-0.2, -0.15) is 8.42 Å². The highest BCUT2D eigenvalue weighted by molar-refractivity contribution is 7.86. The van der Waals surface area contributed by atoms with Gasteiger partial charge in [-0.15, -0.1) is 0 Å². The van der Waals surface area contributed by atoms with E-state index in [-0.39, 0.29) is 11.0 Å². The topological polar surface area (TPSA) is 43.4 Å². The van der Waals surface area contributed by atoms with Crippen molar-refractivity contribution in [3.63, 3.8) is 0 Å². The fraction of sp³-hybridized carbons (Fsp3) is 0.600. The second-order valence-electron chi connectivity index (χ2n) is 13.2. The van der Waals surface area contributed by atoms with Crippen LogP contribution in [0.1, 0.15) is 91.5 Å². The van der Waals surface area contributed by atoms with Crippen molar-refractivity contribution in [2.45, 2.75) is 104 Å². The molecule has 0 saturated heterocycles. The van der Waals surface area contributed by atoms with Crippen LogP contribution in [-0.2, 0) is 14.3 Å². The lowest BCUT2D eigenvalue weighted by molar-refractivity contribution is 0.112. The van der Waals surface area contributed by atoms with Crippen molar-refractivity contribution >= 4 is 10.1 Å². The van der Waals surface area contributed by atoms with Crippen LogP contribution >= 0.6 is 0 Å². The van der Waals surface area contributed by atoms with Crippen LogP contribution < -0.4 is 0 Å². The molecular weight excluding hydrogens is 500 g/mol.